The predicted molar refractivity (Wildman–Crippen MR) is 126 cm³/mol. The van der Waals surface area contributed by atoms with Crippen molar-refractivity contribution in [1.82, 2.24) is 0 Å². The SMILES string of the molecule is COC(=O)C1=C(C(=O)OC)N(c2ccc3c(c2)C(=O)N(c2ccc4ccccc4c2)C3=O)COC1. The average Bonchev–Trinajstić information content (AvgIpc) is 3.15. The van der Waals surface area contributed by atoms with Crippen molar-refractivity contribution in [2.45, 2.75) is 0 Å². The molecule has 5 rings (SSSR count). The van der Waals surface area contributed by atoms with Gasteiger partial charge >= 0.3 is 11.9 Å². The van der Waals surface area contributed by atoms with Crippen molar-refractivity contribution in [3.63, 3.8) is 0 Å². The Morgan fingerprint density at radius 2 is 1.49 bits per heavy atom. The Morgan fingerprint density at radius 1 is 0.800 bits per heavy atom. The van der Waals surface area contributed by atoms with Crippen LogP contribution in [-0.2, 0) is 23.8 Å². The molecule has 0 saturated carbocycles. The van der Waals surface area contributed by atoms with E-state index in [2.05, 4.69) is 0 Å². The molecule has 0 saturated heterocycles. The van der Waals surface area contributed by atoms with Crippen LogP contribution < -0.4 is 9.80 Å². The number of nitrogens with zero attached hydrogens (tertiary/aromatic N) is 2. The number of rotatable bonds is 4. The van der Waals surface area contributed by atoms with Gasteiger partial charge in [-0.3, -0.25) is 9.59 Å². The second kappa shape index (κ2) is 8.69. The van der Waals surface area contributed by atoms with Crippen LogP contribution >= 0.6 is 0 Å². The van der Waals surface area contributed by atoms with Crippen LogP contribution in [0.5, 0.6) is 0 Å². The van der Waals surface area contributed by atoms with Gasteiger partial charge in [-0.2, -0.15) is 0 Å². The summed E-state index contributed by atoms with van der Waals surface area (Å²) in [6.07, 6.45) is 0. The number of anilines is 2. The smallest absolute Gasteiger partial charge is 0.355 e. The van der Waals surface area contributed by atoms with E-state index in [9.17, 15) is 19.2 Å². The maximum absolute atomic E-state index is 13.3. The predicted octanol–water partition coefficient (Wildman–Crippen LogP) is 3.03. The Kier molecular flexibility index (Phi) is 5.54. The lowest BCUT2D eigenvalue weighted by molar-refractivity contribution is -0.140. The number of hydrogen-bond acceptors (Lipinski definition) is 8. The normalized spacial score (nSPS) is 15.5. The summed E-state index contributed by atoms with van der Waals surface area (Å²) in [5.74, 6) is -2.42. The number of ether oxygens (including phenoxy) is 3. The molecular weight excluding hydrogens is 452 g/mol. The number of carbonyl (C=O) groups is 4. The molecule has 0 spiro atoms. The summed E-state index contributed by atoms with van der Waals surface area (Å²) < 4.78 is 15.1. The van der Waals surface area contributed by atoms with Gasteiger partial charge in [0.05, 0.1) is 43.2 Å². The number of benzene rings is 3. The van der Waals surface area contributed by atoms with Gasteiger partial charge in [-0.25, -0.2) is 14.5 Å². The van der Waals surface area contributed by atoms with Crippen LogP contribution in [0, 0.1) is 0 Å². The van der Waals surface area contributed by atoms with Crippen molar-refractivity contribution < 1.29 is 33.4 Å². The molecule has 9 nitrogen and oxygen atoms in total. The molecule has 35 heavy (non-hydrogen) atoms. The fraction of sp³-hybridized carbons (Fsp3) is 0.154. The van der Waals surface area contributed by atoms with Crippen molar-refractivity contribution in [2.24, 2.45) is 0 Å². The van der Waals surface area contributed by atoms with Crippen LogP contribution in [0.3, 0.4) is 0 Å². The van der Waals surface area contributed by atoms with E-state index in [0.29, 0.717) is 11.4 Å². The molecule has 9 heteroatoms. The third-order valence-electron chi connectivity index (χ3n) is 6.01. The van der Waals surface area contributed by atoms with Crippen molar-refractivity contribution in [1.29, 1.82) is 0 Å². The third kappa shape index (κ3) is 3.62. The molecular formula is C26H20N2O7. The molecule has 0 unspecified atom stereocenters. The lowest BCUT2D eigenvalue weighted by Crippen LogP contribution is -2.38. The maximum atomic E-state index is 13.3. The van der Waals surface area contributed by atoms with E-state index in [4.69, 9.17) is 14.2 Å². The molecule has 2 heterocycles. The number of imide groups is 1. The first-order valence-electron chi connectivity index (χ1n) is 10.7. The number of fused-ring (bicyclic) bond motifs is 2. The highest BCUT2D eigenvalue weighted by Gasteiger charge is 2.38. The monoisotopic (exact) mass is 472 g/mol. The molecule has 0 radical (unpaired) electrons. The summed E-state index contributed by atoms with van der Waals surface area (Å²) in [7, 11) is 2.40. The third-order valence-corrected chi connectivity index (χ3v) is 6.01. The van der Waals surface area contributed by atoms with Gasteiger partial charge in [-0.1, -0.05) is 30.3 Å². The highest BCUT2D eigenvalue weighted by Crippen LogP contribution is 2.34. The van der Waals surface area contributed by atoms with Gasteiger partial charge in [-0.15, -0.1) is 0 Å². The van der Waals surface area contributed by atoms with Crippen molar-refractivity contribution in [3.05, 3.63) is 83.1 Å². The Labute approximate surface area is 200 Å². The molecule has 0 fully saturated rings. The summed E-state index contributed by atoms with van der Waals surface area (Å²) in [6, 6.07) is 17.6. The maximum Gasteiger partial charge on any atom is 0.355 e. The quantitative estimate of drug-likeness (QED) is 0.422. The molecule has 0 bridgehead atoms. The van der Waals surface area contributed by atoms with Crippen LogP contribution in [0.25, 0.3) is 10.8 Å². The van der Waals surface area contributed by atoms with E-state index < -0.39 is 23.8 Å². The molecule has 0 aromatic heterocycles. The van der Waals surface area contributed by atoms with Gasteiger partial charge in [-0.05, 0) is 41.1 Å². The second-order valence-corrected chi connectivity index (χ2v) is 7.92. The zero-order chi connectivity index (χ0) is 24.7. The van der Waals surface area contributed by atoms with Crippen molar-refractivity contribution >= 4 is 45.9 Å². The van der Waals surface area contributed by atoms with E-state index in [-0.39, 0.29) is 35.7 Å². The van der Waals surface area contributed by atoms with Crippen LogP contribution in [-0.4, -0.2) is 51.3 Å². The van der Waals surface area contributed by atoms with Gasteiger partial charge in [0.2, 0.25) is 0 Å². The lowest BCUT2D eigenvalue weighted by Gasteiger charge is -2.31. The largest absolute Gasteiger partial charge is 0.466 e. The topological polar surface area (TPSA) is 102 Å². The molecule has 176 valence electrons. The van der Waals surface area contributed by atoms with Gasteiger partial charge in [0.1, 0.15) is 12.4 Å². The molecule has 0 N–H and O–H groups in total. The highest BCUT2D eigenvalue weighted by molar-refractivity contribution is 6.35. The van der Waals surface area contributed by atoms with Crippen LogP contribution in [0.4, 0.5) is 11.4 Å². The summed E-state index contributed by atoms with van der Waals surface area (Å²) in [5.41, 5.74) is 1.20. The summed E-state index contributed by atoms with van der Waals surface area (Å²) in [6.45, 7) is -0.202. The number of hydrogen-bond donors (Lipinski definition) is 0. The Bertz CT molecular complexity index is 1440. The van der Waals surface area contributed by atoms with E-state index >= 15 is 0 Å². The number of carbonyl (C=O) groups excluding carboxylic acids is 4. The first-order valence-corrected chi connectivity index (χ1v) is 10.7. The minimum atomic E-state index is -0.755. The standard InChI is InChI=1S/C26H20N2O7/c1-33-25(31)21-13-35-14-27(22(21)26(32)34-2)17-9-10-19-20(12-17)24(30)28(23(19)29)18-8-7-15-5-3-4-6-16(15)11-18/h3-12H,13-14H2,1-2H3. The molecule has 2 aliphatic heterocycles. The fourth-order valence-electron chi connectivity index (χ4n) is 4.29. The summed E-state index contributed by atoms with van der Waals surface area (Å²) in [5, 5.41) is 1.89. The Balaban J connectivity index is 1.55. The average molecular weight is 472 g/mol. The van der Waals surface area contributed by atoms with E-state index in [1.54, 1.807) is 18.2 Å². The Morgan fingerprint density at radius 3 is 2.23 bits per heavy atom. The van der Waals surface area contributed by atoms with E-state index in [0.717, 1.165) is 15.7 Å². The zero-order valence-electron chi connectivity index (χ0n) is 18.9. The second-order valence-electron chi connectivity index (χ2n) is 7.92. The fourth-order valence-corrected chi connectivity index (χ4v) is 4.29. The van der Waals surface area contributed by atoms with Gasteiger partial charge in [0, 0.05) is 5.69 Å². The number of esters is 2. The highest BCUT2D eigenvalue weighted by atomic mass is 16.5. The first kappa shape index (κ1) is 22.3. The lowest BCUT2D eigenvalue weighted by atomic mass is 10.1. The van der Waals surface area contributed by atoms with Crippen LogP contribution in [0.1, 0.15) is 20.7 Å². The van der Waals surface area contributed by atoms with Crippen molar-refractivity contribution in [2.75, 3.05) is 37.4 Å². The van der Waals surface area contributed by atoms with Gasteiger partial charge < -0.3 is 19.1 Å². The first-order chi connectivity index (χ1) is 16.9. The van der Waals surface area contributed by atoms with Gasteiger partial charge in [0.15, 0.2) is 0 Å². The van der Waals surface area contributed by atoms with E-state index in [1.165, 1.54) is 31.3 Å². The molecule has 0 atom stereocenters. The summed E-state index contributed by atoms with van der Waals surface area (Å²) >= 11 is 0. The molecule has 0 aliphatic carbocycles. The number of amides is 2. The van der Waals surface area contributed by atoms with E-state index in [1.807, 2.05) is 30.3 Å². The molecule has 2 amide bonds. The molecule has 3 aromatic rings. The van der Waals surface area contributed by atoms with Crippen LogP contribution in [0.15, 0.2) is 71.9 Å². The van der Waals surface area contributed by atoms with Crippen LogP contribution in [0.2, 0.25) is 0 Å². The molecule has 3 aromatic carbocycles. The molecule has 2 aliphatic rings. The number of methoxy groups -OCH3 is 2. The van der Waals surface area contributed by atoms with Crippen molar-refractivity contribution in [3.8, 4) is 0 Å². The van der Waals surface area contributed by atoms with Gasteiger partial charge in [0.25, 0.3) is 11.8 Å². The summed E-state index contributed by atoms with van der Waals surface area (Å²) in [4.78, 5) is 53.9. The minimum absolute atomic E-state index is 0.00806. The minimum Gasteiger partial charge on any atom is -0.466 e. The zero-order valence-corrected chi connectivity index (χ0v) is 18.9. The Hall–Kier alpha value is -4.50.